The SMILES string of the molecule is CC(C)N1C(=O)c2ccccc2[C@H](C(=O)O)[C@H]1c1ccc(Cl)cc1. The molecular weight excluding hydrogens is 326 g/mol. The Hall–Kier alpha value is -2.33. The average Bonchev–Trinajstić information content (AvgIpc) is 2.54. The molecule has 24 heavy (non-hydrogen) atoms. The van der Waals surface area contributed by atoms with Gasteiger partial charge in [-0.15, -0.1) is 0 Å². The number of aliphatic carboxylic acids is 1. The van der Waals surface area contributed by atoms with Gasteiger partial charge in [0.1, 0.15) is 5.92 Å². The van der Waals surface area contributed by atoms with Gasteiger partial charge in [0.25, 0.3) is 5.91 Å². The van der Waals surface area contributed by atoms with E-state index in [0.29, 0.717) is 16.1 Å². The lowest BCUT2D eigenvalue weighted by molar-refractivity contribution is -0.140. The highest BCUT2D eigenvalue weighted by atomic mass is 35.5. The van der Waals surface area contributed by atoms with Crippen molar-refractivity contribution >= 4 is 23.5 Å². The summed E-state index contributed by atoms with van der Waals surface area (Å²) >= 11 is 5.96. The molecule has 0 saturated carbocycles. The van der Waals surface area contributed by atoms with Crippen molar-refractivity contribution in [2.24, 2.45) is 0 Å². The summed E-state index contributed by atoms with van der Waals surface area (Å²) in [6.45, 7) is 3.79. The molecule has 2 aromatic rings. The van der Waals surface area contributed by atoms with E-state index in [1.54, 1.807) is 53.4 Å². The second-order valence-corrected chi connectivity index (χ2v) is 6.64. The molecule has 0 radical (unpaired) electrons. The number of halogens is 1. The van der Waals surface area contributed by atoms with Crippen molar-refractivity contribution in [1.29, 1.82) is 0 Å². The van der Waals surface area contributed by atoms with Crippen LogP contribution in [-0.4, -0.2) is 27.9 Å². The molecule has 0 saturated heterocycles. The lowest BCUT2D eigenvalue weighted by Gasteiger charge is -2.43. The summed E-state index contributed by atoms with van der Waals surface area (Å²) in [4.78, 5) is 26.7. The second kappa shape index (κ2) is 6.29. The molecule has 0 aliphatic carbocycles. The molecule has 1 N–H and O–H groups in total. The van der Waals surface area contributed by atoms with E-state index in [-0.39, 0.29) is 11.9 Å². The maximum absolute atomic E-state index is 13.0. The number of hydrogen-bond acceptors (Lipinski definition) is 2. The Balaban J connectivity index is 2.24. The van der Waals surface area contributed by atoms with E-state index in [4.69, 9.17) is 11.6 Å². The fraction of sp³-hybridized carbons (Fsp3) is 0.263. The number of fused-ring (bicyclic) bond motifs is 1. The fourth-order valence-electron chi connectivity index (χ4n) is 3.40. The van der Waals surface area contributed by atoms with Crippen LogP contribution in [0.3, 0.4) is 0 Å². The van der Waals surface area contributed by atoms with Gasteiger partial charge in [-0.3, -0.25) is 9.59 Å². The van der Waals surface area contributed by atoms with Gasteiger partial charge in [0.2, 0.25) is 0 Å². The molecular formula is C19H18ClNO3. The van der Waals surface area contributed by atoms with Crippen LogP contribution >= 0.6 is 11.6 Å². The summed E-state index contributed by atoms with van der Waals surface area (Å²) in [5.74, 6) is -1.90. The Bertz CT molecular complexity index is 785. The minimum atomic E-state index is -0.944. The number of rotatable bonds is 3. The van der Waals surface area contributed by atoms with Gasteiger partial charge < -0.3 is 10.0 Å². The third-order valence-electron chi connectivity index (χ3n) is 4.41. The van der Waals surface area contributed by atoms with Gasteiger partial charge in [-0.1, -0.05) is 41.9 Å². The molecule has 0 fully saturated rings. The van der Waals surface area contributed by atoms with Crippen molar-refractivity contribution in [2.45, 2.75) is 31.8 Å². The summed E-state index contributed by atoms with van der Waals surface area (Å²) in [6, 6.07) is 13.3. The molecule has 124 valence electrons. The Kier molecular flexibility index (Phi) is 4.33. The van der Waals surface area contributed by atoms with E-state index < -0.39 is 17.9 Å². The standard InChI is InChI=1S/C19H18ClNO3/c1-11(2)21-17(12-7-9-13(20)10-8-12)16(19(23)24)14-5-3-4-6-15(14)18(21)22/h3-11,16-17H,1-2H3,(H,23,24)/t16-,17+/m0/s1. The molecule has 1 aliphatic heterocycles. The third kappa shape index (κ3) is 2.67. The molecule has 5 heteroatoms. The van der Waals surface area contributed by atoms with Crippen molar-refractivity contribution in [3.63, 3.8) is 0 Å². The monoisotopic (exact) mass is 343 g/mol. The van der Waals surface area contributed by atoms with Gasteiger partial charge in [-0.25, -0.2) is 0 Å². The van der Waals surface area contributed by atoms with E-state index in [0.717, 1.165) is 5.56 Å². The third-order valence-corrected chi connectivity index (χ3v) is 4.66. The first-order valence-electron chi connectivity index (χ1n) is 7.81. The Morgan fingerprint density at radius 1 is 1.12 bits per heavy atom. The smallest absolute Gasteiger partial charge is 0.313 e. The molecule has 1 heterocycles. The van der Waals surface area contributed by atoms with Crippen LogP contribution < -0.4 is 0 Å². The number of carboxylic acid groups (broad SMARTS) is 1. The number of hydrogen-bond donors (Lipinski definition) is 1. The Labute approximate surface area is 145 Å². The molecule has 2 aromatic carbocycles. The van der Waals surface area contributed by atoms with E-state index in [1.807, 2.05) is 13.8 Å². The van der Waals surface area contributed by atoms with Crippen molar-refractivity contribution < 1.29 is 14.7 Å². The van der Waals surface area contributed by atoms with Crippen LogP contribution in [0, 0.1) is 0 Å². The largest absolute Gasteiger partial charge is 0.481 e. The predicted molar refractivity (Wildman–Crippen MR) is 92.3 cm³/mol. The number of carboxylic acids is 1. The van der Waals surface area contributed by atoms with Crippen molar-refractivity contribution in [3.8, 4) is 0 Å². The predicted octanol–water partition coefficient (Wildman–Crippen LogP) is 4.11. The second-order valence-electron chi connectivity index (χ2n) is 6.21. The van der Waals surface area contributed by atoms with Crippen molar-refractivity contribution in [2.75, 3.05) is 0 Å². The van der Waals surface area contributed by atoms with Gasteiger partial charge in [-0.2, -0.15) is 0 Å². The zero-order valence-corrected chi connectivity index (χ0v) is 14.2. The molecule has 1 aliphatic rings. The van der Waals surface area contributed by atoms with Gasteiger partial charge >= 0.3 is 5.97 Å². The molecule has 3 rings (SSSR count). The highest BCUT2D eigenvalue weighted by Gasteiger charge is 2.45. The summed E-state index contributed by atoms with van der Waals surface area (Å²) in [7, 11) is 0. The van der Waals surface area contributed by atoms with Crippen LogP contribution in [0.25, 0.3) is 0 Å². The first-order valence-corrected chi connectivity index (χ1v) is 8.19. The van der Waals surface area contributed by atoms with Crippen molar-refractivity contribution in [1.82, 2.24) is 4.90 Å². The van der Waals surface area contributed by atoms with E-state index in [9.17, 15) is 14.7 Å². The number of nitrogens with zero attached hydrogens (tertiary/aromatic N) is 1. The van der Waals surface area contributed by atoms with Gasteiger partial charge in [0.15, 0.2) is 0 Å². The zero-order valence-electron chi connectivity index (χ0n) is 13.4. The molecule has 0 aromatic heterocycles. The topological polar surface area (TPSA) is 57.6 Å². The van der Waals surface area contributed by atoms with Crippen LogP contribution in [-0.2, 0) is 4.79 Å². The lowest BCUT2D eigenvalue weighted by Crippen LogP contribution is -2.48. The number of amides is 1. The van der Waals surface area contributed by atoms with E-state index >= 15 is 0 Å². The maximum atomic E-state index is 13.0. The Morgan fingerprint density at radius 2 is 1.75 bits per heavy atom. The molecule has 0 bridgehead atoms. The molecule has 0 spiro atoms. The van der Waals surface area contributed by atoms with Crippen LogP contribution in [0.15, 0.2) is 48.5 Å². The first-order chi connectivity index (χ1) is 11.4. The van der Waals surface area contributed by atoms with Crippen LogP contribution in [0.2, 0.25) is 5.02 Å². The number of carbonyl (C=O) groups excluding carboxylic acids is 1. The maximum Gasteiger partial charge on any atom is 0.313 e. The first kappa shape index (κ1) is 16.5. The summed E-state index contributed by atoms with van der Waals surface area (Å²) < 4.78 is 0. The van der Waals surface area contributed by atoms with E-state index in [1.165, 1.54) is 0 Å². The summed E-state index contributed by atoms with van der Waals surface area (Å²) in [5.41, 5.74) is 1.79. The molecule has 0 unspecified atom stereocenters. The summed E-state index contributed by atoms with van der Waals surface area (Å²) in [5, 5.41) is 10.5. The normalized spacial score (nSPS) is 20.2. The molecule has 1 amide bonds. The number of carbonyl (C=O) groups is 2. The van der Waals surface area contributed by atoms with Crippen LogP contribution in [0.4, 0.5) is 0 Å². The van der Waals surface area contributed by atoms with Gasteiger partial charge in [0, 0.05) is 16.6 Å². The molecule has 4 nitrogen and oxygen atoms in total. The van der Waals surface area contributed by atoms with Crippen molar-refractivity contribution in [3.05, 3.63) is 70.2 Å². The minimum Gasteiger partial charge on any atom is -0.481 e. The van der Waals surface area contributed by atoms with E-state index in [2.05, 4.69) is 0 Å². The quantitative estimate of drug-likeness (QED) is 0.912. The highest BCUT2D eigenvalue weighted by molar-refractivity contribution is 6.30. The van der Waals surface area contributed by atoms with Crippen LogP contribution in [0.5, 0.6) is 0 Å². The summed E-state index contributed by atoms with van der Waals surface area (Å²) in [6.07, 6.45) is 0. The fourth-order valence-corrected chi connectivity index (χ4v) is 3.52. The lowest BCUT2D eigenvalue weighted by atomic mass is 9.79. The molecule has 2 atom stereocenters. The zero-order chi connectivity index (χ0) is 17.4. The number of benzene rings is 2. The highest BCUT2D eigenvalue weighted by Crippen LogP contribution is 2.43. The van der Waals surface area contributed by atoms with Gasteiger partial charge in [-0.05, 0) is 43.2 Å². The van der Waals surface area contributed by atoms with Crippen LogP contribution in [0.1, 0.15) is 47.3 Å². The Morgan fingerprint density at radius 3 is 2.33 bits per heavy atom. The minimum absolute atomic E-state index is 0.131. The van der Waals surface area contributed by atoms with Gasteiger partial charge in [0.05, 0.1) is 6.04 Å². The average molecular weight is 344 g/mol.